The molecule has 1 saturated heterocycles. The van der Waals surface area contributed by atoms with Gasteiger partial charge in [0.05, 0.1) is 4.47 Å². The maximum absolute atomic E-state index is 12.8. The molecule has 0 spiro atoms. The Bertz CT molecular complexity index is 355. The summed E-state index contributed by atoms with van der Waals surface area (Å²) < 4.78 is 31.4. The molecule has 1 heterocycles. The first-order valence-electron chi connectivity index (χ1n) is 4.19. The van der Waals surface area contributed by atoms with Crippen LogP contribution in [0.5, 0.6) is 5.75 Å². The molecule has 1 aromatic rings. The highest BCUT2D eigenvalue weighted by molar-refractivity contribution is 9.10. The zero-order chi connectivity index (χ0) is 10.1. The summed E-state index contributed by atoms with van der Waals surface area (Å²) in [6.45, 7) is 1.48. The molecule has 0 saturated carbocycles. The van der Waals surface area contributed by atoms with Crippen molar-refractivity contribution in [1.29, 1.82) is 0 Å². The van der Waals surface area contributed by atoms with Gasteiger partial charge in [-0.15, -0.1) is 0 Å². The van der Waals surface area contributed by atoms with Crippen LogP contribution in [0.25, 0.3) is 0 Å². The highest BCUT2D eigenvalue weighted by atomic mass is 79.9. The van der Waals surface area contributed by atoms with Gasteiger partial charge in [0.2, 0.25) is 0 Å². The summed E-state index contributed by atoms with van der Waals surface area (Å²) in [5, 5.41) is 3.02. The number of nitrogens with one attached hydrogen (secondary N) is 1. The van der Waals surface area contributed by atoms with Gasteiger partial charge in [0.15, 0.2) is 11.6 Å². The van der Waals surface area contributed by atoms with Crippen molar-refractivity contribution < 1.29 is 13.5 Å². The quantitative estimate of drug-likeness (QED) is 0.826. The second-order valence-corrected chi connectivity index (χ2v) is 3.95. The van der Waals surface area contributed by atoms with Gasteiger partial charge in [0.1, 0.15) is 11.9 Å². The molecule has 5 heteroatoms. The van der Waals surface area contributed by atoms with Gasteiger partial charge in [0, 0.05) is 19.2 Å². The largest absolute Gasteiger partial charge is 0.486 e. The summed E-state index contributed by atoms with van der Waals surface area (Å²) in [4.78, 5) is 0. The Morgan fingerprint density at radius 1 is 1.29 bits per heavy atom. The third-order valence-electron chi connectivity index (χ3n) is 2.01. The SMILES string of the molecule is Fc1cc(Br)c(OC2CNC2)cc1F. The highest BCUT2D eigenvalue weighted by Gasteiger charge is 2.20. The van der Waals surface area contributed by atoms with Crippen LogP contribution in [0, 0.1) is 11.6 Å². The van der Waals surface area contributed by atoms with E-state index in [-0.39, 0.29) is 6.10 Å². The maximum Gasteiger partial charge on any atom is 0.162 e. The lowest BCUT2D eigenvalue weighted by Gasteiger charge is -2.28. The first kappa shape index (κ1) is 9.86. The van der Waals surface area contributed by atoms with Crippen LogP contribution in [0.4, 0.5) is 8.78 Å². The van der Waals surface area contributed by atoms with Crippen LogP contribution < -0.4 is 10.1 Å². The van der Waals surface area contributed by atoms with Crippen LogP contribution in [0.2, 0.25) is 0 Å². The summed E-state index contributed by atoms with van der Waals surface area (Å²) in [6.07, 6.45) is 0.0520. The second kappa shape index (κ2) is 3.82. The third-order valence-corrected chi connectivity index (χ3v) is 2.63. The van der Waals surface area contributed by atoms with Crippen molar-refractivity contribution in [2.24, 2.45) is 0 Å². The lowest BCUT2D eigenvalue weighted by atomic mass is 10.2. The van der Waals surface area contributed by atoms with E-state index in [1.54, 1.807) is 0 Å². The zero-order valence-electron chi connectivity index (χ0n) is 7.19. The van der Waals surface area contributed by atoms with Crippen LogP contribution in [-0.4, -0.2) is 19.2 Å². The van der Waals surface area contributed by atoms with Gasteiger partial charge >= 0.3 is 0 Å². The summed E-state index contributed by atoms with van der Waals surface area (Å²) in [6, 6.07) is 2.12. The van der Waals surface area contributed by atoms with Crippen molar-refractivity contribution >= 4 is 15.9 Å². The fourth-order valence-electron chi connectivity index (χ4n) is 1.12. The van der Waals surface area contributed by atoms with E-state index in [4.69, 9.17) is 4.74 Å². The third kappa shape index (κ3) is 1.88. The van der Waals surface area contributed by atoms with Crippen molar-refractivity contribution in [3.63, 3.8) is 0 Å². The summed E-state index contributed by atoms with van der Waals surface area (Å²) >= 11 is 3.11. The predicted octanol–water partition coefficient (Wildman–Crippen LogP) is 2.08. The standard InChI is InChI=1S/C9H8BrF2NO/c10-6-1-7(11)8(12)2-9(6)14-5-3-13-4-5/h1-2,5,13H,3-4H2. The molecule has 0 bridgehead atoms. The van der Waals surface area contributed by atoms with Crippen LogP contribution in [0.1, 0.15) is 0 Å². The molecule has 1 aliphatic heterocycles. The molecule has 1 aromatic carbocycles. The second-order valence-electron chi connectivity index (χ2n) is 3.09. The number of ether oxygens (including phenoxy) is 1. The van der Waals surface area contributed by atoms with Crippen LogP contribution >= 0.6 is 15.9 Å². The summed E-state index contributed by atoms with van der Waals surface area (Å²) in [5.41, 5.74) is 0. The Balaban J connectivity index is 2.19. The lowest BCUT2D eigenvalue weighted by molar-refractivity contribution is 0.140. The molecule has 0 unspecified atom stereocenters. The Labute approximate surface area is 88.4 Å². The molecule has 1 aliphatic rings. The van der Waals surface area contributed by atoms with Gasteiger partial charge in [-0.05, 0) is 22.0 Å². The van der Waals surface area contributed by atoms with E-state index in [0.29, 0.717) is 10.2 Å². The Morgan fingerprint density at radius 3 is 2.50 bits per heavy atom. The number of hydrogen-bond acceptors (Lipinski definition) is 2. The molecule has 0 aliphatic carbocycles. The molecule has 0 aromatic heterocycles. The molecule has 76 valence electrons. The van der Waals surface area contributed by atoms with Crippen molar-refractivity contribution in [2.45, 2.75) is 6.10 Å². The Hall–Kier alpha value is -0.680. The smallest absolute Gasteiger partial charge is 0.162 e. The number of benzene rings is 1. The number of rotatable bonds is 2. The fraction of sp³-hybridized carbons (Fsp3) is 0.333. The molecule has 1 N–H and O–H groups in total. The van der Waals surface area contributed by atoms with Gasteiger partial charge in [0.25, 0.3) is 0 Å². The van der Waals surface area contributed by atoms with E-state index in [2.05, 4.69) is 21.2 Å². The minimum absolute atomic E-state index is 0.0520. The molecule has 2 nitrogen and oxygen atoms in total. The number of halogens is 3. The van der Waals surface area contributed by atoms with E-state index in [1.165, 1.54) is 0 Å². The average molecular weight is 264 g/mol. The molecule has 14 heavy (non-hydrogen) atoms. The first-order chi connectivity index (χ1) is 6.66. The molecular formula is C9H8BrF2NO. The normalized spacial score (nSPS) is 16.5. The molecular weight excluding hydrogens is 256 g/mol. The van der Waals surface area contributed by atoms with E-state index >= 15 is 0 Å². The molecule has 0 atom stereocenters. The summed E-state index contributed by atoms with van der Waals surface area (Å²) in [5.74, 6) is -1.43. The van der Waals surface area contributed by atoms with Crippen molar-refractivity contribution in [3.05, 3.63) is 28.2 Å². The van der Waals surface area contributed by atoms with Gasteiger partial charge < -0.3 is 10.1 Å². The lowest BCUT2D eigenvalue weighted by Crippen LogP contribution is -2.50. The summed E-state index contributed by atoms with van der Waals surface area (Å²) in [7, 11) is 0. The van der Waals surface area contributed by atoms with E-state index in [9.17, 15) is 8.78 Å². The van der Waals surface area contributed by atoms with Gasteiger partial charge in [-0.3, -0.25) is 0 Å². The van der Waals surface area contributed by atoms with E-state index in [0.717, 1.165) is 25.2 Å². The zero-order valence-corrected chi connectivity index (χ0v) is 8.77. The molecule has 2 rings (SSSR count). The van der Waals surface area contributed by atoms with Gasteiger partial charge in [-0.1, -0.05) is 0 Å². The maximum atomic E-state index is 12.8. The average Bonchev–Trinajstić information content (AvgIpc) is 2.06. The number of hydrogen-bond donors (Lipinski definition) is 1. The minimum Gasteiger partial charge on any atom is -0.486 e. The Morgan fingerprint density at radius 2 is 1.93 bits per heavy atom. The van der Waals surface area contributed by atoms with Gasteiger partial charge in [-0.2, -0.15) is 0 Å². The highest BCUT2D eigenvalue weighted by Crippen LogP contribution is 2.28. The van der Waals surface area contributed by atoms with Crippen LogP contribution in [0.15, 0.2) is 16.6 Å². The van der Waals surface area contributed by atoms with Gasteiger partial charge in [-0.25, -0.2) is 8.78 Å². The molecule has 0 amide bonds. The van der Waals surface area contributed by atoms with Crippen molar-refractivity contribution in [1.82, 2.24) is 5.32 Å². The van der Waals surface area contributed by atoms with Crippen LogP contribution in [0.3, 0.4) is 0 Å². The fourth-order valence-corrected chi connectivity index (χ4v) is 1.53. The van der Waals surface area contributed by atoms with Crippen molar-refractivity contribution in [2.75, 3.05) is 13.1 Å². The monoisotopic (exact) mass is 263 g/mol. The minimum atomic E-state index is -0.893. The Kier molecular flexibility index (Phi) is 2.69. The molecule has 1 fully saturated rings. The topological polar surface area (TPSA) is 21.3 Å². The van der Waals surface area contributed by atoms with E-state index < -0.39 is 11.6 Å². The molecule has 0 radical (unpaired) electrons. The van der Waals surface area contributed by atoms with Crippen LogP contribution in [-0.2, 0) is 0 Å². The van der Waals surface area contributed by atoms with E-state index in [1.807, 2.05) is 0 Å². The predicted molar refractivity (Wildman–Crippen MR) is 51.3 cm³/mol. The first-order valence-corrected chi connectivity index (χ1v) is 4.98. The van der Waals surface area contributed by atoms with Crippen molar-refractivity contribution in [3.8, 4) is 5.75 Å².